The van der Waals surface area contributed by atoms with Crippen LogP contribution in [0.4, 0.5) is 0 Å². The van der Waals surface area contributed by atoms with Crippen LogP contribution in [0.25, 0.3) is 0 Å². The van der Waals surface area contributed by atoms with E-state index in [4.69, 9.17) is 4.74 Å². The first-order valence-corrected chi connectivity index (χ1v) is 3.14. The Kier molecular flexibility index (Phi) is 1.86. The molecule has 1 N–H and O–H groups in total. The topological polar surface area (TPSA) is 21.3 Å². The fourth-order valence-electron chi connectivity index (χ4n) is 0.794. The van der Waals surface area contributed by atoms with Gasteiger partial charge in [-0.2, -0.15) is 0 Å². The first-order chi connectivity index (χ1) is 3.79. The number of ether oxygens (including phenoxy) is 1. The van der Waals surface area contributed by atoms with Crippen LogP contribution in [0.2, 0.25) is 0 Å². The Morgan fingerprint density at radius 3 is 2.62 bits per heavy atom. The second-order valence-corrected chi connectivity index (χ2v) is 2.49. The lowest BCUT2D eigenvalue weighted by Crippen LogP contribution is -2.40. The van der Waals surface area contributed by atoms with Gasteiger partial charge in [-0.15, -0.1) is 0 Å². The Hall–Kier alpha value is -0.0800. The molecule has 2 unspecified atom stereocenters. The molecule has 0 aromatic carbocycles. The number of hydrogen-bond donors (Lipinski definition) is 1. The maximum absolute atomic E-state index is 5.28. The van der Waals surface area contributed by atoms with Crippen LogP contribution in [-0.4, -0.2) is 19.4 Å². The van der Waals surface area contributed by atoms with E-state index >= 15 is 0 Å². The molecule has 1 fully saturated rings. The van der Waals surface area contributed by atoms with Gasteiger partial charge in [0.05, 0.1) is 6.61 Å². The van der Waals surface area contributed by atoms with Crippen molar-refractivity contribution < 1.29 is 4.74 Å². The molecular formula is C6H13NO. The summed E-state index contributed by atoms with van der Waals surface area (Å²) in [6.07, 6.45) is 0.270. The predicted octanol–water partition coefficient (Wildman–Crippen LogP) is 0.588. The van der Waals surface area contributed by atoms with E-state index in [1.165, 1.54) is 0 Å². The van der Waals surface area contributed by atoms with Gasteiger partial charge in [-0.05, 0) is 12.8 Å². The highest BCUT2D eigenvalue weighted by Gasteiger charge is 2.12. The van der Waals surface area contributed by atoms with E-state index < -0.39 is 0 Å². The van der Waals surface area contributed by atoms with Crippen LogP contribution in [0.5, 0.6) is 0 Å². The van der Waals surface area contributed by atoms with Crippen LogP contribution in [0.3, 0.4) is 0 Å². The molecule has 0 aromatic heterocycles. The molecule has 0 bridgehead atoms. The highest BCUT2D eigenvalue weighted by atomic mass is 16.5. The van der Waals surface area contributed by atoms with Crippen molar-refractivity contribution >= 4 is 0 Å². The van der Waals surface area contributed by atoms with E-state index in [2.05, 4.69) is 12.2 Å². The zero-order chi connectivity index (χ0) is 5.98. The molecule has 1 aliphatic rings. The molecule has 2 heteroatoms. The SMILES string of the molecule is CC1CNC(C)OC1. The zero-order valence-electron chi connectivity index (χ0n) is 5.48. The van der Waals surface area contributed by atoms with Crippen molar-refractivity contribution in [2.45, 2.75) is 20.1 Å². The van der Waals surface area contributed by atoms with Crippen LogP contribution in [0.15, 0.2) is 0 Å². The summed E-state index contributed by atoms with van der Waals surface area (Å²) in [5.41, 5.74) is 0. The first kappa shape index (κ1) is 6.05. The quantitative estimate of drug-likeness (QED) is 0.499. The molecule has 0 aromatic rings. The molecule has 1 saturated heterocycles. The predicted molar refractivity (Wildman–Crippen MR) is 32.6 cm³/mol. The van der Waals surface area contributed by atoms with Gasteiger partial charge in [-0.1, -0.05) is 6.92 Å². The first-order valence-electron chi connectivity index (χ1n) is 3.14. The Labute approximate surface area is 50.2 Å². The van der Waals surface area contributed by atoms with Crippen LogP contribution in [0, 0.1) is 5.92 Å². The van der Waals surface area contributed by atoms with Crippen LogP contribution in [-0.2, 0) is 4.74 Å². The Morgan fingerprint density at radius 2 is 2.25 bits per heavy atom. The molecule has 0 amide bonds. The summed E-state index contributed by atoms with van der Waals surface area (Å²) >= 11 is 0. The Balaban J connectivity index is 2.19. The summed E-state index contributed by atoms with van der Waals surface area (Å²) in [5.74, 6) is 0.686. The fraction of sp³-hybridized carbons (Fsp3) is 1.00. The molecular weight excluding hydrogens is 102 g/mol. The largest absolute Gasteiger partial charge is 0.363 e. The summed E-state index contributed by atoms with van der Waals surface area (Å²) < 4.78 is 5.28. The van der Waals surface area contributed by atoms with Gasteiger partial charge in [0, 0.05) is 6.54 Å². The van der Waals surface area contributed by atoms with Crippen LogP contribution in [0.1, 0.15) is 13.8 Å². The minimum atomic E-state index is 0.270. The molecule has 0 saturated carbocycles. The van der Waals surface area contributed by atoms with Gasteiger partial charge in [-0.25, -0.2) is 0 Å². The standard InChI is InChI=1S/C6H13NO/c1-5-3-7-6(2)8-4-5/h5-7H,3-4H2,1-2H3. The molecule has 1 heterocycles. The lowest BCUT2D eigenvalue weighted by molar-refractivity contribution is -0.0121. The molecule has 2 atom stereocenters. The fourth-order valence-corrected chi connectivity index (χ4v) is 0.794. The lowest BCUT2D eigenvalue weighted by atomic mass is 10.2. The maximum atomic E-state index is 5.28. The summed E-state index contributed by atoms with van der Waals surface area (Å²) in [6, 6.07) is 0. The minimum Gasteiger partial charge on any atom is -0.363 e. The molecule has 0 aliphatic carbocycles. The van der Waals surface area contributed by atoms with E-state index in [-0.39, 0.29) is 6.23 Å². The minimum absolute atomic E-state index is 0.270. The maximum Gasteiger partial charge on any atom is 0.105 e. The van der Waals surface area contributed by atoms with E-state index in [9.17, 15) is 0 Å². The van der Waals surface area contributed by atoms with E-state index in [0.29, 0.717) is 5.92 Å². The molecule has 0 radical (unpaired) electrons. The third-order valence-electron chi connectivity index (χ3n) is 1.38. The number of hydrogen-bond acceptors (Lipinski definition) is 2. The zero-order valence-corrected chi connectivity index (χ0v) is 5.48. The highest BCUT2D eigenvalue weighted by Crippen LogP contribution is 2.02. The second kappa shape index (κ2) is 2.46. The van der Waals surface area contributed by atoms with E-state index in [1.54, 1.807) is 0 Å². The van der Waals surface area contributed by atoms with Gasteiger partial charge in [0.2, 0.25) is 0 Å². The molecule has 0 spiro atoms. The average Bonchev–Trinajstić information content (AvgIpc) is 1.77. The molecule has 8 heavy (non-hydrogen) atoms. The second-order valence-electron chi connectivity index (χ2n) is 2.49. The lowest BCUT2D eigenvalue weighted by Gasteiger charge is -2.25. The molecule has 1 rings (SSSR count). The average molecular weight is 115 g/mol. The van der Waals surface area contributed by atoms with Gasteiger partial charge in [0.25, 0.3) is 0 Å². The van der Waals surface area contributed by atoms with Gasteiger partial charge < -0.3 is 4.74 Å². The van der Waals surface area contributed by atoms with Crippen molar-refractivity contribution in [2.75, 3.05) is 13.2 Å². The van der Waals surface area contributed by atoms with Crippen molar-refractivity contribution in [1.82, 2.24) is 5.32 Å². The smallest absolute Gasteiger partial charge is 0.105 e. The van der Waals surface area contributed by atoms with Crippen LogP contribution < -0.4 is 5.32 Å². The van der Waals surface area contributed by atoms with Crippen molar-refractivity contribution in [2.24, 2.45) is 5.92 Å². The normalized spacial score (nSPS) is 39.8. The van der Waals surface area contributed by atoms with E-state index in [1.807, 2.05) is 6.92 Å². The third-order valence-corrected chi connectivity index (χ3v) is 1.38. The Morgan fingerprint density at radius 1 is 1.50 bits per heavy atom. The molecule has 1 aliphatic heterocycles. The summed E-state index contributed by atoms with van der Waals surface area (Å²) in [6.45, 7) is 6.22. The summed E-state index contributed by atoms with van der Waals surface area (Å²) in [7, 11) is 0. The summed E-state index contributed by atoms with van der Waals surface area (Å²) in [5, 5.41) is 3.21. The van der Waals surface area contributed by atoms with Crippen LogP contribution >= 0.6 is 0 Å². The van der Waals surface area contributed by atoms with Crippen molar-refractivity contribution in [3.63, 3.8) is 0 Å². The van der Waals surface area contributed by atoms with Gasteiger partial charge in [-0.3, -0.25) is 5.32 Å². The van der Waals surface area contributed by atoms with Crippen molar-refractivity contribution in [3.05, 3.63) is 0 Å². The third kappa shape index (κ3) is 1.46. The van der Waals surface area contributed by atoms with Gasteiger partial charge >= 0.3 is 0 Å². The van der Waals surface area contributed by atoms with Gasteiger partial charge in [0.1, 0.15) is 6.23 Å². The Bertz CT molecular complexity index is 56.9. The molecule has 2 nitrogen and oxygen atoms in total. The highest BCUT2D eigenvalue weighted by molar-refractivity contribution is 4.62. The number of nitrogens with one attached hydrogen (secondary N) is 1. The monoisotopic (exact) mass is 115 g/mol. The van der Waals surface area contributed by atoms with E-state index in [0.717, 1.165) is 13.2 Å². The molecule has 48 valence electrons. The van der Waals surface area contributed by atoms with Crippen molar-refractivity contribution in [3.8, 4) is 0 Å². The van der Waals surface area contributed by atoms with Crippen molar-refractivity contribution in [1.29, 1.82) is 0 Å². The number of rotatable bonds is 0. The summed E-state index contributed by atoms with van der Waals surface area (Å²) in [4.78, 5) is 0. The van der Waals surface area contributed by atoms with Gasteiger partial charge in [0.15, 0.2) is 0 Å².